The molecule has 1 amide bonds. The van der Waals surface area contributed by atoms with Crippen LogP contribution in [-0.2, 0) is 6.42 Å². The number of hydrogen-bond donors (Lipinski definition) is 1. The van der Waals surface area contributed by atoms with Crippen LogP contribution in [0.15, 0.2) is 66.9 Å². The van der Waals surface area contributed by atoms with Gasteiger partial charge in [0.15, 0.2) is 11.5 Å². The first-order chi connectivity index (χ1) is 16.7. The van der Waals surface area contributed by atoms with Crippen LogP contribution in [0.1, 0.15) is 22.8 Å². The highest BCUT2D eigenvalue weighted by Gasteiger charge is 2.25. The smallest absolute Gasteiger partial charge is 0.256 e. The third-order valence-electron chi connectivity index (χ3n) is 6.48. The molecule has 7 nitrogen and oxygen atoms in total. The number of benzene rings is 2. The largest absolute Gasteiger partial charge is 0.486 e. The van der Waals surface area contributed by atoms with Crippen molar-refractivity contribution in [2.45, 2.75) is 19.4 Å². The van der Waals surface area contributed by atoms with Crippen molar-refractivity contribution in [3.05, 3.63) is 78.0 Å². The fourth-order valence-corrected chi connectivity index (χ4v) is 4.60. The second-order valence-corrected chi connectivity index (χ2v) is 8.74. The number of para-hydroxylation sites is 1. The number of nitrogens with one attached hydrogen (secondary N) is 1. The Balaban J connectivity index is 1.14. The maximum absolute atomic E-state index is 12.5. The molecule has 2 aromatic carbocycles. The Labute approximate surface area is 200 Å². The summed E-state index contributed by atoms with van der Waals surface area (Å²) in [6.07, 6.45) is 2.61. The standard InChI is InChI=1S/C27H30N4O3/c1-20(19-21-8-10-22(11-9-21)27(32)29-25-7-2-3-12-28-25)30-13-15-31(16-14-30)23-5-4-6-24-26(23)34-18-17-33-24/h2-12,20H,13-19H2,1H3,(H,28,29,32)/t20-/m1/s1. The van der Waals surface area contributed by atoms with Gasteiger partial charge in [0.1, 0.15) is 19.0 Å². The van der Waals surface area contributed by atoms with Crippen LogP contribution in [0, 0.1) is 0 Å². The number of anilines is 2. The van der Waals surface area contributed by atoms with Crippen molar-refractivity contribution < 1.29 is 14.3 Å². The van der Waals surface area contributed by atoms with Gasteiger partial charge in [-0.3, -0.25) is 9.69 Å². The molecular weight excluding hydrogens is 428 g/mol. The molecule has 1 N–H and O–H groups in total. The summed E-state index contributed by atoms with van der Waals surface area (Å²) in [5.41, 5.74) is 2.99. The van der Waals surface area contributed by atoms with E-state index in [1.54, 1.807) is 12.3 Å². The Morgan fingerprint density at radius 3 is 2.53 bits per heavy atom. The number of amides is 1. The summed E-state index contributed by atoms with van der Waals surface area (Å²) in [6.45, 7) is 7.39. The van der Waals surface area contributed by atoms with Gasteiger partial charge in [0, 0.05) is 44.0 Å². The molecule has 0 saturated carbocycles. The van der Waals surface area contributed by atoms with E-state index in [4.69, 9.17) is 9.47 Å². The number of nitrogens with zero attached hydrogens (tertiary/aromatic N) is 3. The second kappa shape index (κ2) is 10.1. The molecule has 1 fully saturated rings. The van der Waals surface area contributed by atoms with Gasteiger partial charge in [-0.1, -0.05) is 24.3 Å². The van der Waals surface area contributed by atoms with Crippen LogP contribution in [0.2, 0.25) is 0 Å². The summed E-state index contributed by atoms with van der Waals surface area (Å²) < 4.78 is 11.7. The highest BCUT2D eigenvalue weighted by molar-refractivity contribution is 6.03. The molecule has 0 unspecified atom stereocenters. The van der Waals surface area contributed by atoms with Crippen LogP contribution < -0.4 is 19.7 Å². The van der Waals surface area contributed by atoms with Crippen LogP contribution in [-0.4, -0.2) is 61.2 Å². The van der Waals surface area contributed by atoms with Gasteiger partial charge in [0.2, 0.25) is 0 Å². The lowest BCUT2D eigenvalue weighted by Gasteiger charge is -2.40. The minimum atomic E-state index is -0.146. The predicted molar refractivity (Wildman–Crippen MR) is 133 cm³/mol. The van der Waals surface area contributed by atoms with Crippen molar-refractivity contribution in [2.24, 2.45) is 0 Å². The second-order valence-electron chi connectivity index (χ2n) is 8.74. The molecule has 0 bridgehead atoms. The molecule has 3 heterocycles. The number of piperazine rings is 1. The van der Waals surface area contributed by atoms with Crippen molar-refractivity contribution in [3.63, 3.8) is 0 Å². The molecule has 3 aromatic rings. The Kier molecular flexibility index (Phi) is 6.62. The molecule has 0 aliphatic carbocycles. The first-order valence-electron chi connectivity index (χ1n) is 11.9. The average Bonchev–Trinajstić information content (AvgIpc) is 2.89. The van der Waals surface area contributed by atoms with Crippen LogP contribution in [0.25, 0.3) is 0 Å². The topological polar surface area (TPSA) is 66.9 Å². The van der Waals surface area contributed by atoms with Gasteiger partial charge in [0.05, 0.1) is 5.69 Å². The Hall–Kier alpha value is -3.58. The molecular formula is C27H30N4O3. The molecule has 0 spiro atoms. The highest BCUT2D eigenvalue weighted by Crippen LogP contribution is 2.39. The molecule has 7 heteroatoms. The lowest BCUT2D eigenvalue weighted by atomic mass is 10.0. The fourth-order valence-electron chi connectivity index (χ4n) is 4.60. The molecule has 1 atom stereocenters. The molecule has 1 saturated heterocycles. The molecule has 176 valence electrons. The van der Waals surface area contributed by atoms with Gasteiger partial charge < -0.3 is 19.7 Å². The van der Waals surface area contributed by atoms with Crippen LogP contribution in [0.3, 0.4) is 0 Å². The van der Waals surface area contributed by atoms with Crippen molar-refractivity contribution in [2.75, 3.05) is 49.6 Å². The first kappa shape index (κ1) is 22.2. The van der Waals surface area contributed by atoms with Crippen LogP contribution in [0.4, 0.5) is 11.5 Å². The van der Waals surface area contributed by atoms with Crippen molar-refractivity contribution in [3.8, 4) is 11.5 Å². The first-order valence-corrected chi connectivity index (χ1v) is 11.9. The molecule has 0 radical (unpaired) electrons. The van der Waals surface area contributed by atoms with E-state index in [0.717, 1.165) is 49.8 Å². The minimum Gasteiger partial charge on any atom is -0.486 e. The normalized spacial score (nSPS) is 16.7. The number of ether oxygens (including phenoxy) is 2. The van der Waals surface area contributed by atoms with E-state index >= 15 is 0 Å². The van der Waals surface area contributed by atoms with Crippen LogP contribution in [0.5, 0.6) is 11.5 Å². The zero-order valence-electron chi connectivity index (χ0n) is 19.4. The quantitative estimate of drug-likeness (QED) is 0.605. The molecule has 1 aromatic heterocycles. The van der Waals surface area contributed by atoms with Crippen LogP contribution >= 0.6 is 0 Å². The van der Waals surface area contributed by atoms with Gasteiger partial charge in [0.25, 0.3) is 5.91 Å². The highest BCUT2D eigenvalue weighted by atomic mass is 16.6. The summed E-state index contributed by atoms with van der Waals surface area (Å²) in [6, 6.07) is 19.9. The summed E-state index contributed by atoms with van der Waals surface area (Å²) in [5.74, 6) is 2.13. The van der Waals surface area contributed by atoms with Gasteiger partial charge in [-0.2, -0.15) is 0 Å². The molecule has 34 heavy (non-hydrogen) atoms. The summed E-state index contributed by atoms with van der Waals surface area (Å²) >= 11 is 0. The summed E-state index contributed by atoms with van der Waals surface area (Å²) in [4.78, 5) is 21.5. The van der Waals surface area contributed by atoms with E-state index in [1.165, 1.54) is 5.56 Å². The monoisotopic (exact) mass is 458 g/mol. The van der Waals surface area contributed by atoms with Gasteiger partial charge in [-0.15, -0.1) is 0 Å². The summed E-state index contributed by atoms with van der Waals surface area (Å²) in [7, 11) is 0. The number of rotatable bonds is 6. The van der Waals surface area contributed by atoms with E-state index in [2.05, 4.69) is 33.1 Å². The van der Waals surface area contributed by atoms with E-state index in [1.807, 2.05) is 48.5 Å². The van der Waals surface area contributed by atoms with Gasteiger partial charge >= 0.3 is 0 Å². The average molecular weight is 459 g/mol. The Morgan fingerprint density at radius 1 is 0.971 bits per heavy atom. The number of carbonyl (C=O) groups is 1. The zero-order valence-corrected chi connectivity index (χ0v) is 19.4. The number of fused-ring (bicyclic) bond motifs is 1. The third-order valence-corrected chi connectivity index (χ3v) is 6.48. The SMILES string of the molecule is C[C@H](Cc1ccc(C(=O)Nc2ccccn2)cc1)N1CCN(c2cccc3c2OCCO3)CC1. The Bertz CT molecular complexity index is 1110. The van der Waals surface area contributed by atoms with E-state index < -0.39 is 0 Å². The number of pyridine rings is 1. The predicted octanol–water partition coefficient (Wildman–Crippen LogP) is 3.86. The molecule has 5 rings (SSSR count). The number of hydrogen-bond acceptors (Lipinski definition) is 6. The zero-order chi connectivity index (χ0) is 23.3. The maximum Gasteiger partial charge on any atom is 0.256 e. The Morgan fingerprint density at radius 2 is 1.76 bits per heavy atom. The number of carbonyl (C=O) groups excluding carboxylic acids is 1. The maximum atomic E-state index is 12.5. The lowest BCUT2D eigenvalue weighted by molar-refractivity contribution is 0.102. The van der Waals surface area contributed by atoms with E-state index in [-0.39, 0.29) is 5.91 Å². The molecule has 2 aliphatic heterocycles. The fraction of sp³-hybridized carbons (Fsp3) is 0.333. The summed E-state index contributed by atoms with van der Waals surface area (Å²) in [5, 5.41) is 2.83. The molecule has 2 aliphatic rings. The van der Waals surface area contributed by atoms with E-state index in [9.17, 15) is 4.79 Å². The van der Waals surface area contributed by atoms with Crippen molar-refractivity contribution in [1.82, 2.24) is 9.88 Å². The van der Waals surface area contributed by atoms with Crippen molar-refractivity contribution in [1.29, 1.82) is 0 Å². The van der Waals surface area contributed by atoms with Crippen molar-refractivity contribution >= 4 is 17.4 Å². The number of aromatic nitrogens is 1. The lowest BCUT2D eigenvalue weighted by Crippen LogP contribution is -2.50. The van der Waals surface area contributed by atoms with Gasteiger partial charge in [-0.25, -0.2) is 4.98 Å². The van der Waals surface area contributed by atoms with E-state index in [0.29, 0.717) is 30.6 Å². The third kappa shape index (κ3) is 4.99. The van der Waals surface area contributed by atoms with Gasteiger partial charge in [-0.05, 0) is 55.3 Å². The minimum absolute atomic E-state index is 0.146.